The lowest BCUT2D eigenvalue weighted by Gasteiger charge is -2.10. The van der Waals surface area contributed by atoms with Crippen LogP contribution in [-0.4, -0.2) is 0 Å². The van der Waals surface area contributed by atoms with Gasteiger partial charge in [-0.25, -0.2) is 0 Å². The van der Waals surface area contributed by atoms with Crippen molar-refractivity contribution in [1.82, 2.24) is 0 Å². The second kappa shape index (κ2) is 4.89. The van der Waals surface area contributed by atoms with Crippen molar-refractivity contribution >= 4 is 28.5 Å². The molecule has 0 saturated carbocycles. The molecule has 2 aromatic carbocycles. The van der Waals surface area contributed by atoms with Crippen LogP contribution in [0.1, 0.15) is 16.7 Å². The standard InChI is InChI=1S/C18H16/c1-5-13(4)17-12-18-14(6-2)9-8-10-16(18)11-15(17)7-3/h5-12H,1-4H2. The minimum Gasteiger partial charge on any atom is -0.0985 e. The maximum absolute atomic E-state index is 4.02. The fourth-order valence-corrected chi connectivity index (χ4v) is 2.10. The summed E-state index contributed by atoms with van der Waals surface area (Å²) < 4.78 is 0. The average Bonchev–Trinajstić information content (AvgIpc) is 2.44. The van der Waals surface area contributed by atoms with Gasteiger partial charge in [-0.15, -0.1) is 0 Å². The van der Waals surface area contributed by atoms with Gasteiger partial charge in [-0.05, 0) is 45.2 Å². The van der Waals surface area contributed by atoms with E-state index in [0.717, 1.165) is 22.3 Å². The predicted molar refractivity (Wildman–Crippen MR) is 83.4 cm³/mol. The lowest BCUT2D eigenvalue weighted by Crippen LogP contribution is -1.88. The monoisotopic (exact) mass is 232 g/mol. The molecule has 0 amide bonds. The van der Waals surface area contributed by atoms with Crippen LogP contribution in [0.25, 0.3) is 28.5 Å². The summed E-state index contributed by atoms with van der Waals surface area (Å²) >= 11 is 0. The van der Waals surface area contributed by atoms with E-state index in [1.54, 1.807) is 6.08 Å². The quantitative estimate of drug-likeness (QED) is 0.625. The molecule has 0 unspecified atom stereocenters. The van der Waals surface area contributed by atoms with Gasteiger partial charge in [-0.1, -0.05) is 62.7 Å². The molecule has 0 atom stereocenters. The van der Waals surface area contributed by atoms with Crippen molar-refractivity contribution in [2.45, 2.75) is 0 Å². The van der Waals surface area contributed by atoms with E-state index >= 15 is 0 Å². The van der Waals surface area contributed by atoms with Crippen LogP contribution in [-0.2, 0) is 0 Å². The maximum atomic E-state index is 4.02. The van der Waals surface area contributed by atoms with Crippen molar-refractivity contribution < 1.29 is 0 Å². The average molecular weight is 232 g/mol. The van der Waals surface area contributed by atoms with Gasteiger partial charge in [0.15, 0.2) is 0 Å². The zero-order chi connectivity index (χ0) is 13.1. The number of fused-ring (bicyclic) bond motifs is 1. The molecule has 2 rings (SSSR count). The van der Waals surface area contributed by atoms with Gasteiger partial charge in [-0.2, -0.15) is 0 Å². The molecule has 0 fully saturated rings. The molecule has 0 N–H and O–H groups in total. The van der Waals surface area contributed by atoms with Gasteiger partial charge >= 0.3 is 0 Å². The Kier molecular flexibility index (Phi) is 3.29. The van der Waals surface area contributed by atoms with E-state index in [4.69, 9.17) is 0 Å². The van der Waals surface area contributed by atoms with Crippen LogP contribution in [0.5, 0.6) is 0 Å². The van der Waals surface area contributed by atoms with Crippen molar-refractivity contribution in [3.8, 4) is 0 Å². The van der Waals surface area contributed by atoms with Crippen LogP contribution in [0.4, 0.5) is 0 Å². The molecule has 88 valence electrons. The molecule has 18 heavy (non-hydrogen) atoms. The van der Waals surface area contributed by atoms with Crippen LogP contribution in [0, 0.1) is 0 Å². The highest BCUT2D eigenvalue weighted by Crippen LogP contribution is 2.28. The zero-order valence-corrected chi connectivity index (χ0v) is 10.4. The molecule has 0 aliphatic carbocycles. The largest absolute Gasteiger partial charge is 0.0985 e. The predicted octanol–water partition coefficient (Wildman–Crippen LogP) is 5.33. The Balaban J connectivity index is 2.85. The van der Waals surface area contributed by atoms with Gasteiger partial charge in [0.2, 0.25) is 0 Å². The van der Waals surface area contributed by atoms with Crippen molar-refractivity contribution in [1.29, 1.82) is 0 Å². The highest BCUT2D eigenvalue weighted by atomic mass is 14.1. The molecule has 0 spiro atoms. The minimum absolute atomic E-state index is 0.908. The summed E-state index contributed by atoms with van der Waals surface area (Å²) in [6.07, 6.45) is 5.49. The molecule has 0 radical (unpaired) electrons. The number of benzene rings is 2. The first-order valence-electron chi connectivity index (χ1n) is 5.84. The Bertz CT molecular complexity index is 657. The van der Waals surface area contributed by atoms with Crippen LogP contribution >= 0.6 is 0 Å². The third-order valence-corrected chi connectivity index (χ3v) is 3.12. The van der Waals surface area contributed by atoms with Gasteiger partial charge < -0.3 is 0 Å². The second-order valence-electron chi connectivity index (χ2n) is 4.15. The highest BCUT2D eigenvalue weighted by molar-refractivity contribution is 5.96. The van der Waals surface area contributed by atoms with Gasteiger partial charge in [0, 0.05) is 0 Å². The Morgan fingerprint density at radius 2 is 1.67 bits per heavy atom. The fraction of sp³-hybridized carbons (Fsp3) is 0. The SMILES string of the molecule is C=CC(=C)c1cc2c(C=C)cccc2cc1C=C. The van der Waals surface area contributed by atoms with Crippen LogP contribution < -0.4 is 0 Å². The molecule has 0 nitrogen and oxygen atoms in total. The molecule has 0 saturated heterocycles. The molecule has 0 aliphatic heterocycles. The molecule has 0 bridgehead atoms. The summed E-state index contributed by atoms with van der Waals surface area (Å²) in [5.74, 6) is 0. The van der Waals surface area contributed by atoms with Crippen molar-refractivity contribution in [3.63, 3.8) is 0 Å². The van der Waals surface area contributed by atoms with E-state index in [1.165, 1.54) is 10.8 Å². The first-order chi connectivity index (χ1) is 8.71. The Hall–Kier alpha value is -2.34. The van der Waals surface area contributed by atoms with Gasteiger partial charge in [-0.3, -0.25) is 0 Å². The number of hydrogen-bond acceptors (Lipinski definition) is 0. The summed E-state index contributed by atoms with van der Waals surface area (Å²) in [5, 5.41) is 2.36. The molecule has 0 aliphatic rings. The number of allylic oxidation sites excluding steroid dienone is 2. The summed E-state index contributed by atoms with van der Waals surface area (Å²) in [5.41, 5.74) is 4.18. The van der Waals surface area contributed by atoms with Crippen molar-refractivity contribution in [2.75, 3.05) is 0 Å². The number of hydrogen-bond donors (Lipinski definition) is 0. The van der Waals surface area contributed by atoms with E-state index in [2.05, 4.69) is 50.6 Å². The molecular formula is C18H16. The summed E-state index contributed by atoms with van der Waals surface area (Å²) in [7, 11) is 0. The topological polar surface area (TPSA) is 0 Å². The summed E-state index contributed by atoms with van der Waals surface area (Å²) in [4.78, 5) is 0. The van der Waals surface area contributed by atoms with Crippen molar-refractivity contribution in [2.24, 2.45) is 0 Å². The molecule has 0 aromatic heterocycles. The minimum atomic E-state index is 0.908. The lowest BCUT2D eigenvalue weighted by molar-refractivity contribution is 1.62. The third-order valence-electron chi connectivity index (χ3n) is 3.12. The number of rotatable bonds is 4. The Morgan fingerprint density at radius 3 is 2.28 bits per heavy atom. The summed E-state index contributed by atoms with van der Waals surface area (Å²) in [6.45, 7) is 15.5. The van der Waals surface area contributed by atoms with E-state index in [0.29, 0.717) is 0 Å². The first kappa shape index (κ1) is 12.1. The third kappa shape index (κ3) is 1.93. The summed E-state index contributed by atoms with van der Waals surface area (Å²) in [6, 6.07) is 10.4. The van der Waals surface area contributed by atoms with E-state index in [9.17, 15) is 0 Å². The first-order valence-corrected chi connectivity index (χ1v) is 5.84. The smallest absolute Gasteiger partial charge is 0.0105 e. The fourth-order valence-electron chi connectivity index (χ4n) is 2.10. The zero-order valence-electron chi connectivity index (χ0n) is 10.4. The van der Waals surface area contributed by atoms with E-state index in [-0.39, 0.29) is 0 Å². The van der Waals surface area contributed by atoms with Crippen molar-refractivity contribution in [3.05, 3.63) is 79.4 Å². The highest BCUT2D eigenvalue weighted by Gasteiger charge is 2.06. The molecule has 2 aromatic rings. The Labute approximate surface area is 108 Å². The van der Waals surface area contributed by atoms with Gasteiger partial charge in [0.1, 0.15) is 0 Å². The van der Waals surface area contributed by atoms with Gasteiger partial charge in [0.25, 0.3) is 0 Å². The molecular weight excluding hydrogens is 216 g/mol. The van der Waals surface area contributed by atoms with E-state index < -0.39 is 0 Å². The Morgan fingerprint density at radius 1 is 0.944 bits per heavy atom. The maximum Gasteiger partial charge on any atom is -0.0105 e. The second-order valence-corrected chi connectivity index (χ2v) is 4.15. The van der Waals surface area contributed by atoms with Crippen LogP contribution in [0.3, 0.4) is 0 Å². The molecule has 0 heterocycles. The lowest BCUT2D eigenvalue weighted by atomic mass is 9.94. The van der Waals surface area contributed by atoms with Crippen LogP contribution in [0.15, 0.2) is 62.7 Å². The van der Waals surface area contributed by atoms with E-state index in [1.807, 2.05) is 18.2 Å². The normalized spacial score (nSPS) is 10.0. The van der Waals surface area contributed by atoms with Gasteiger partial charge in [0.05, 0.1) is 0 Å². The van der Waals surface area contributed by atoms with Crippen LogP contribution in [0.2, 0.25) is 0 Å². The molecule has 0 heteroatoms.